The summed E-state index contributed by atoms with van der Waals surface area (Å²) in [5, 5.41) is 3.46. The van der Waals surface area contributed by atoms with Crippen LogP contribution in [0.2, 0.25) is 0 Å². The molecule has 1 aromatic carbocycles. The molecule has 1 amide bonds. The Balaban J connectivity index is 1.43. The van der Waals surface area contributed by atoms with Crippen LogP contribution in [-0.4, -0.2) is 71.7 Å². The third-order valence-corrected chi connectivity index (χ3v) is 8.35. The zero-order chi connectivity index (χ0) is 24.8. The quantitative estimate of drug-likeness (QED) is 0.421. The number of morpholine rings is 1. The maximum atomic E-state index is 13.7. The van der Waals surface area contributed by atoms with E-state index in [1.54, 1.807) is 0 Å². The number of hydrogen-bond donors (Lipinski definition) is 1. The number of amides is 1. The van der Waals surface area contributed by atoms with Crippen molar-refractivity contribution in [1.82, 2.24) is 19.6 Å². The molecule has 8 nitrogen and oxygen atoms in total. The highest BCUT2D eigenvalue weighted by molar-refractivity contribution is 7.24. The standard InChI is InChI=1S/C27H29N5O3S/c1-17-7-8-18(2)31(17)12-11-28-26(34)23-24(33)19-9-10-22(30-13-15-35-16-14-30)29-25(19)32-20-5-3-4-6-21(20)36-27(23)32/h3-10,17-18H,11-16H2,1-2H3,(H,28,34). The fourth-order valence-corrected chi connectivity index (χ4v) is 6.44. The van der Waals surface area contributed by atoms with Crippen molar-refractivity contribution in [2.45, 2.75) is 25.9 Å². The van der Waals surface area contributed by atoms with E-state index in [-0.39, 0.29) is 16.9 Å². The molecule has 6 rings (SSSR count). The molecule has 9 heteroatoms. The molecular formula is C27H29N5O3S. The Labute approximate surface area is 212 Å². The largest absolute Gasteiger partial charge is 0.378 e. The number of carbonyl (C=O) groups is 1. The lowest BCUT2D eigenvalue weighted by atomic mass is 10.1. The Bertz CT molecular complexity index is 1540. The number of nitrogens with one attached hydrogen (secondary N) is 1. The molecule has 36 heavy (non-hydrogen) atoms. The molecule has 4 aromatic rings. The monoisotopic (exact) mass is 503 g/mol. The molecule has 0 spiro atoms. The van der Waals surface area contributed by atoms with Crippen molar-refractivity contribution in [3.8, 4) is 0 Å². The first-order valence-corrected chi connectivity index (χ1v) is 13.3. The van der Waals surface area contributed by atoms with Crippen LogP contribution in [0.5, 0.6) is 0 Å². The van der Waals surface area contributed by atoms with E-state index in [0.717, 1.165) is 35.7 Å². The lowest BCUT2D eigenvalue weighted by Crippen LogP contribution is -2.41. The van der Waals surface area contributed by atoms with Gasteiger partial charge < -0.3 is 15.0 Å². The average molecular weight is 504 g/mol. The number of thiazole rings is 1. The number of nitrogens with zero attached hydrogens (tertiary/aromatic N) is 4. The van der Waals surface area contributed by atoms with Crippen molar-refractivity contribution in [3.05, 3.63) is 64.3 Å². The van der Waals surface area contributed by atoms with Gasteiger partial charge >= 0.3 is 0 Å². The Morgan fingerprint density at radius 2 is 1.86 bits per heavy atom. The molecule has 1 fully saturated rings. The molecule has 2 aliphatic rings. The summed E-state index contributed by atoms with van der Waals surface area (Å²) in [6, 6.07) is 12.3. The van der Waals surface area contributed by atoms with Crippen molar-refractivity contribution in [2.75, 3.05) is 44.3 Å². The van der Waals surface area contributed by atoms with Crippen LogP contribution in [0.1, 0.15) is 24.2 Å². The first kappa shape index (κ1) is 23.1. The van der Waals surface area contributed by atoms with Crippen LogP contribution in [-0.2, 0) is 4.74 Å². The predicted octanol–water partition coefficient (Wildman–Crippen LogP) is 3.28. The molecular weight excluding hydrogens is 474 g/mol. The van der Waals surface area contributed by atoms with Gasteiger partial charge in [-0.2, -0.15) is 0 Å². The van der Waals surface area contributed by atoms with Gasteiger partial charge in [-0.25, -0.2) is 4.98 Å². The van der Waals surface area contributed by atoms with Gasteiger partial charge in [-0.05, 0) is 38.1 Å². The number of benzene rings is 1. The number of anilines is 1. The van der Waals surface area contributed by atoms with Gasteiger partial charge in [0.15, 0.2) is 5.65 Å². The third-order valence-electron chi connectivity index (χ3n) is 7.21. The minimum Gasteiger partial charge on any atom is -0.378 e. The number of rotatable bonds is 5. The van der Waals surface area contributed by atoms with E-state index in [9.17, 15) is 9.59 Å². The number of carbonyl (C=O) groups excluding carboxylic acids is 1. The summed E-state index contributed by atoms with van der Waals surface area (Å²) in [5.74, 6) is 0.476. The van der Waals surface area contributed by atoms with Crippen LogP contribution in [0.4, 0.5) is 5.82 Å². The lowest BCUT2D eigenvalue weighted by Gasteiger charge is -2.28. The molecule has 2 aliphatic heterocycles. The molecule has 2 atom stereocenters. The Morgan fingerprint density at radius 3 is 2.64 bits per heavy atom. The van der Waals surface area contributed by atoms with Gasteiger partial charge in [0.05, 0.1) is 28.8 Å². The zero-order valence-corrected chi connectivity index (χ0v) is 21.3. The number of hydrogen-bond acceptors (Lipinski definition) is 7. The highest BCUT2D eigenvalue weighted by Crippen LogP contribution is 2.31. The van der Waals surface area contributed by atoms with Crippen LogP contribution in [0.25, 0.3) is 26.1 Å². The Hall–Kier alpha value is -3.27. The molecule has 1 saturated heterocycles. The van der Waals surface area contributed by atoms with E-state index in [1.165, 1.54) is 11.3 Å². The number of aromatic nitrogens is 2. The number of fused-ring (bicyclic) bond motifs is 5. The van der Waals surface area contributed by atoms with Crippen LogP contribution in [0.15, 0.2) is 53.3 Å². The first-order chi connectivity index (χ1) is 17.5. The van der Waals surface area contributed by atoms with Crippen LogP contribution < -0.4 is 15.6 Å². The highest BCUT2D eigenvalue weighted by atomic mass is 32.1. The second kappa shape index (κ2) is 9.31. The van der Waals surface area contributed by atoms with Crippen LogP contribution in [0.3, 0.4) is 0 Å². The van der Waals surface area contributed by atoms with Crippen molar-refractivity contribution < 1.29 is 9.53 Å². The molecule has 0 radical (unpaired) electrons. The van der Waals surface area contributed by atoms with Crippen LogP contribution in [0, 0.1) is 0 Å². The second-order valence-corrected chi connectivity index (χ2v) is 10.4. The first-order valence-electron chi connectivity index (χ1n) is 12.4. The van der Waals surface area contributed by atoms with Crippen molar-refractivity contribution in [1.29, 1.82) is 0 Å². The van der Waals surface area contributed by atoms with Gasteiger partial charge in [0.2, 0.25) is 5.43 Å². The summed E-state index contributed by atoms with van der Waals surface area (Å²) in [5.41, 5.74) is 1.43. The normalized spacial score (nSPS) is 20.7. The van der Waals surface area contributed by atoms with Crippen molar-refractivity contribution in [3.63, 3.8) is 0 Å². The number of ether oxygens (including phenoxy) is 1. The minimum absolute atomic E-state index is 0.185. The maximum Gasteiger partial charge on any atom is 0.258 e. The molecule has 0 saturated carbocycles. The van der Waals surface area contributed by atoms with Gasteiger partial charge in [-0.15, -0.1) is 11.3 Å². The van der Waals surface area contributed by atoms with E-state index in [4.69, 9.17) is 9.72 Å². The fraction of sp³-hybridized carbons (Fsp3) is 0.370. The van der Waals surface area contributed by atoms with Crippen LogP contribution >= 0.6 is 11.3 Å². The third kappa shape index (κ3) is 3.87. The van der Waals surface area contributed by atoms with Crippen molar-refractivity contribution in [2.24, 2.45) is 0 Å². The Kier molecular flexibility index (Phi) is 5.99. The summed E-state index contributed by atoms with van der Waals surface area (Å²) in [6.07, 6.45) is 4.36. The number of pyridine rings is 2. The fourth-order valence-electron chi connectivity index (χ4n) is 5.25. The Morgan fingerprint density at radius 1 is 1.11 bits per heavy atom. The summed E-state index contributed by atoms with van der Waals surface area (Å²) < 4.78 is 8.47. The highest BCUT2D eigenvalue weighted by Gasteiger charge is 2.25. The molecule has 3 aromatic heterocycles. The lowest BCUT2D eigenvalue weighted by molar-refractivity contribution is 0.0946. The molecule has 0 aliphatic carbocycles. The van der Waals surface area contributed by atoms with Gasteiger partial charge in [-0.3, -0.25) is 18.9 Å². The molecule has 186 valence electrons. The maximum absolute atomic E-state index is 13.7. The number of para-hydroxylation sites is 1. The topological polar surface area (TPSA) is 79.2 Å². The summed E-state index contributed by atoms with van der Waals surface area (Å²) >= 11 is 1.45. The van der Waals surface area contributed by atoms with E-state index < -0.39 is 0 Å². The second-order valence-electron chi connectivity index (χ2n) is 9.41. The summed E-state index contributed by atoms with van der Waals surface area (Å²) in [4.78, 5) is 37.2. The van der Waals surface area contributed by atoms with E-state index in [2.05, 4.69) is 41.1 Å². The molecule has 2 unspecified atom stereocenters. The van der Waals surface area contributed by atoms with E-state index in [1.807, 2.05) is 40.8 Å². The average Bonchev–Trinajstić information content (AvgIpc) is 3.44. The van der Waals surface area contributed by atoms with Gasteiger partial charge in [0, 0.05) is 38.3 Å². The predicted molar refractivity (Wildman–Crippen MR) is 144 cm³/mol. The van der Waals surface area contributed by atoms with Gasteiger partial charge in [0.1, 0.15) is 16.2 Å². The SMILES string of the molecule is CC1C=CC(C)N1CCNC(=O)c1c(=O)c2ccc(N3CCOCC3)nc2n2c1sc1ccccc12. The zero-order valence-electron chi connectivity index (χ0n) is 20.4. The molecule has 1 N–H and O–H groups in total. The van der Waals surface area contributed by atoms with Crippen molar-refractivity contribution >= 4 is 49.1 Å². The summed E-state index contributed by atoms with van der Waals surface area (Å²) in [7, 11) is 0. The molecule has 5 heterocycles. The smallest absolute Gasteiger partial charge is 0.258 e. The molecule has 0 bridgehead atoms. The van der Waals surface area contributed by atoms with E-state index >= 15 is 0 Å². The van der Waals surface area contributed by atoms with Gasteiger partial charge in [-0.1, -0.05) is 24.3 Å². The summed E-state index contributed by atoms with van der Waals surface area (Å²) in [6.45, 7) is 8.30. The van der Waals surface area contributed by atoms with Gasteiger partial charge in [0.25, 0.3) is 5.91 Å². The minimum atomic E-state index is -0.337. The van der Waals surface area contributed by atoms with E-state index in [0.29, 0.717) is 47.7 Å².